The molecule has 2 rings (SSSR count). The van der Waals surface area contributed by atoms with Crippen LogP contribution in [0.15, 0.2) is 24.3 Å². The fourth-order valence-electron chi connectivity index (χ4n) is 2.39. The lowest BCUT2D eigenvalue weighted by molar-refractivity contribution is -0.140. The van der Waals surface area contributed by atoms with Gasteiger partial charge in [-0.15, -0.1) is 0 Å². The second-order valence-corrected chi connectivity index (χ2v) is 5.15. The van der Waals surface area contributed by atoms with Crippen LogP contribution in [0.4, 0.5) is 5.69 Å². The van der Waals surface area contributed by atoms with Crippen molar-refractivity contribution in [2.75, 3.05) is 5.32 Å². The molecule has 0 aromatic heterocycles. The van der Waals surface area contributed by atoms with Crippen LogP contribution in [0.1, 0.15) is 13.8 Å². The summed E-state index contributed by atoms with van der Waals surface area (Å²) in [4.78, 5) is 22.9. The summed E-state index contributed by atoms with van der Waals surface area (Å²) in [6.07, 6.45) is 0. The Morgan fingerprint density at radius 1 is 1.28 bits per heavy atom. The van der Waals surface area contributed by atoms with Crippen LogP contribution >= 0.6 is 0 Å². The van der Waals surface area contributed by atoms with Crippen LogP contribution in [-0.4, -0.2) is 22.1 Å². The van der Waals surface area contributed by atoms with Gasteiger partial charge in [0.05, 0.1) is 11.8 Å². The molecular formula is C13H15NO4. The van der Waals surface area contributed by atoms with E-state index in [2.05, 4.69) is 5.32 Å². The van der Waals surface area contributed by atoms with Crippen molar-refractivity contribution in [1.82, 2.24) is 0 Å². The van der Waals surface area contributed by atoms with Gasteiger partial charge in [-0.1, -0.05) is 19.9 Å². The molecule has 2 atom stereocenters. The van der Waals surface area contributed by atoms with Gasteiger partial charge in [0.1, 0.15) is 5.75 Å². The van der Waals surface area contributed by atoms with E-state index in [1.165, 1.54) is 12.1 Å². The Morgan fingerprint density at radius 3 is 2.44 bits per heavy atom. The fourth-order valence-corrected chi connectivity index (χ4v) is 2.39. The van der Waals surface area contributed by atoms with Gasteiger partial charge < -0.3 is 15.5 Å². The standard InChI is InChI=1S/C13H15NO4/c1-13(2)9(10(13)12(17)18)11(16)14-7-4-3-5-8(15)6-7/h3-6,9-10,15H,1-2H3,(H,14,16)(H,17,18)/t9-,10-/m1/s1. The number of hydrogen-bond acceptors (Lipinski definition) is 3. The maximum Gasteiger partial charge on any atom is 0.307 e. The summed E-state index contributed by atoms with van der Waals surface area (Å²) in [5.41, 5.74) is -0.0564. The average Bonchev–Trinajstić information content (AvgIpc) is 2.81. The van der Waals surface area contributed by atoms with E-state index >= 15 is 0 Å². The molecule has 1 aliphatic carbocycles. The number of carboxylic acids is 1. The lowest BCUT2D eigenvalue weighted by Gasteiger charge is -2.06. The third-order valence-corrected chi connectivity index (χ3v) is 3.49. The van der Waals surface area contributed by atoms with E-state index in [0.717, 1.165) is 0 Å². The van der Waals surface area contributed by atoms with Crippen molar-refractivity contribution < 1.29 is 19.8 Å². The Hall–Kier alpha value is -2.04. The Labute approximate surface area is 104 Å². The van der Waals surface area contributed by atoms with Gasteiger partial charge in [0, 0.05) is 11.8 Å². The SMILES string of the molecule is CC1(C)[C@@H](C(=O)O)[C@@H]1C(=O)Nc1cccc(O)c1. The highest BCUT2D eigenvalue weighted by Crippen LogP contribution is 2.58. The molecule has 1 aliphatic rings. The molecule has 0 bridgehead atoms. The van der Waals surface area contributed by atoms with Gasteiger partial charge >= 0.3 is 5.97 Å². The molecule has 96 valence electrons. The summed E-state index contributed by atoms with van der Waals surface area (Å²) in [5.74, 6) is -2.39. The zero-order valence-electron chi connectivity index (χ0n) is 10.2. The molecule has 0 heterocycles. The third kappa shape index (κ3) is 2.03. The van der Waals surface area contributed by atoms with E-state index in [4.69, 9.17) is 5.11 Å². The largest absolute Gasteiger partial charge is 0.508 e. The van der Waals surface area contributed by atoms with Gasteiger partial charge in [-0.25, -0.2) is 0 Å². The number of aliphatic carboxylic acids is 1. The highest BCUT2D eigenvalue weighted by molar-refractivity contribution is 5.99. The number of carbonyl (C=O) groups excluding carboxylic acids is 1. The highest BCUT2D eigenvalue weighted by atomic mass is 16.4. The molecule has 0 radical (unpaired) electrons. The number of phenolic OH excluding ortho intramolecular Hbond substituents is 1. The number of carboxylic acid groups (broad SMARTS) is 1. The number of benzene rings is 1. The predicted molar refractivity (Wildman–Crippen MR) is 65.1 cm³/mol. The molecule has 0 unspecified atom stereocenters. The number of carbonyl (C=O) groups is 2. The molecule has 18 heavy (non-hydrogen) atoms. The number of phenols is 1. The van der Waals surface area contributed by atoms with E-state index in [1.54, 1.807) is 26.0 Å². The van der Waals surface area contributed by atoms with E-state index in [-0.39, 0.29) is 11.7 Å². The van der Waals surface area contributed by atoms with Crippen LogP contribution in [0.5, 0.6) is 5.75 Å². The first-order valence-corrected chi connectivity index (χ1v) is 5.66. The Balaban J connectivity index is 2.08. The average molecular weight is 249 g/mol. The lowest BCUT2D eigenvalue weighted by atomic mass is 10.1. The van der Waals surface area contributed by atoms with Crippen LogP contribution in [0.2, 0.25) is 0 Å². The van der Waals surface area contributed by atoms with Crippen molar-refractivity contribution in [1.29, 1.82) is 0 Å². The molecular weight excluding hydrogens is 234 g/mol. The number of aromatic hydroxyl groups is 1. The quantitative estimate of drug-likeness (QED) is 0.760. The summed E-state index contributed by atoms with van der Waals surface area (Å²) in [6.45, 7) is 3.52. The van der Waals surface area contributed by atoms with Crippen molar-refractivity contribution in [3.8, 4) is 5.75 Å². The number of hydrogen-bond donors (Lipinski definition) is 3. The number of amides is 1. The smallest absolute Gasteiger partial charge is 0.307 e. The van der Waals surface area contributed by atoms with E-state index < -0.39 is 23.2 Å². The van der Waals surface area contributed by atoms with Crippen molar-refractivity contribution in [2.24, 2.45) is 17.3 Å². The van der Waals surface area contributed by atoms with E-state index in [0.29, 0.717) is 5.69 Å². The van der Waals surface area contributed by atoms with Crippen LogP contribution in [0, 0.1) is 17.3 Å². The minimum absolute atomic E-state index is 0.0534. The molecule has 1 aromatic rings. The number of anilines is 1. The zero-order valence-corrected chi connectivity index (χ0v) is 10.2. The minimum Gasteiger partial charge on any atom is -0.508 e. The Morgan fingerprint density at radius 2 is 1.94 bits per heavy atom. The van der Waals surface area contributed by atoms with E-state index in [1.807, 2.05) is 0 Å². The molecule has 5 heteroatoms. The van der Waals surface area contributed by atoms with Gasteiger partial charge in [0.25, 0.3) is 0 Å². The van der Waals surface area contributed by atoms with Crippen molar-refractivity contribution in [3.05, 3.63) is 24.3 Å². The summed E-state index contributed by atoms with van der Waals surface area (Å²) in [6, 6.07) is 6.17. The van der Waals surface area contributed by atoms with Gasteiger partial charge in [-0.3, -0.25) is 9.59 Å². The molecule has 1 amide bonds. The highest BCUT2D eigenvalue weighted by Gasteiger charge is 2.65. The van der Waals surface area contributed by atoms with E-state index in [9.17, 15) is 14.7 Å². The van der Waals surface area contributed by atoms with Crippen LogP contribution in [-0.2, 0) is 9.59 Å². The van der Waals surface area contributed by atoms with Crippen molar-refractivity contribution in [2.45, 2.75) is 13.8 Å². The second-order valence-electron chi connectivity index (χ2n) is 5.15. The van der Waals surface area contributed by atoms with Crippen molar-refractivity contribution in [3.63, 3.8) is 0 Å². The molecule has 0 spiro atoms. The Bertz CT molecular complexity index is 509. The lowest BCUT2D eigenvalue weighted by Crippen LogP contribution is -2.17. The molecule has 5 nitrogen and oxygen atoms in total. The topological polar surface area (TPSA) is 86.6 Å². The molecule has 3 N–H and O–H groups in total. The zero-order chi connectivity index (χ0) is 13.5. The fraction of sp³-hybridized carbons (Fsp3) is 0.385. The predicted octanol–water partition coefficient (Wildman–Crippen LogP) is 1.69. The van der Waals surface area contributed by atoms with Gasteiger partial charge in [-0.05, 0) is 17.5 Å². The first-order valence-electron chi connectivity index (χ1n) is 5.66. The molecule has 1 fully saturated rings. The summed E-state index contributed by atoms with van der Waals surface area (Å²) in [5, 5.41) is 20.9. The van der Waals surface area contributed by atoms with Gasteiger partial charge in [-0.2, -0.15) is 0 Å². The minimum atomic E-state index is -0.948. The monoisotopic (exact) mass is 249 g/mol. The normalized spacial score (nSPS) is 24.3. The first kappa shape index (κ1) is 12.4. The summed E-state index contributed by atoms with van der Waals surface area (Å²) >= 11 is 0. The Kier molecular flexibility index (Phi) is 2.77. The maximum absolute atomic E-state index is 12.0. The summed E-state index contributed by atoms with van der Waals surface area (Å²) in [7, 11) is 0. The van der Waals surface area contributed by atoms with Gasteiger partial charge in [0.2, 0.25) is 5.91 Å². The van der Waals surface area contributed by atoms with Crippen molar-refractivity contribution >= 4 is 17.6 Å². The maximum atomic E-state index is 12.0. The molecule has 0 saturated heterocycles. The number of rotatable bonds is 3. The van der Waals surface area contributed by atoms with Gasteiger partial charge in [0.15, 0.2) is 0 Å². The van der Waals surface area contributed by atoms with Crippen LogP contribution in [0.3, 0.4) is 0 Å². The van der Waals surface area contributed by atoms with Crippen LogP contribution < -0.4 is 5.32 Å². The third-order valence-electron chi connectivity index (χ3n) is 3.49. The molecule has 0 aliphatic heterocycles. The second kappa shape index (κ2) is 4.01. The van der Waals surface area contributed by atoms with Crippen LogP contribution in [0.25, 0.3) is 0 Å². The molecule has 1 saturated carbocycles. The first-order chi connectivity index (χ1) is 8.34. The summed E-state index contributed by atoms with van der Waals surface area (Å²) < 4.78 is 0. The molecule has 1 aromatic carbocycles. The number of nitrogens with one attached hydrogen (secondary N) is 1.